The van der Waals surface area contributed by atoms with Gasteiger partial charge in [-0.3, -0.25) is 0 Å². The van der Waals surface area contributed by atoms with Gasteiger partial charge in [0.2, 0.25) is 11.8 Å². The fourth-order valence-corrected chi connectivity index (χ4v) is 2.68. The maximum Gasteiger partial charge on any atom is 0.277 e. The van der Waals surface area contributed by atoms with E-state index in [9.17, 15) is 0 Å². The van der Waals surface area contributed by atoms with E-state index in [1.165, 1.54) is 11.8 Å². The number of rotatable bonds is 5. The molecule has 1 atom stereocenters. The SMILES string of the molecule is CCc1noc(C(C)Sc2nnc(-c3cccc(Cl)c3)o2)n1. The number of benzene rings is 1. The van der Waals surface area contributed by atoms with E-state index >= 15 is 0 Å². The van der Waals surface area contributed by atoms with Crippen LogP contribution in [-0.4, -0.2) is 20.3 Å². The van der Waals surface area contributed by atoms with Crippen molar-refractivity contribution in [3.05, 3.63) is 41.0 Å². The molecule has 0 N–H and O–H groups in total. The number of aromatic nitrogens is 4. The van der Waals surface area contributed by atoms with Gasteiger partial charge >= 0.3 is 0 Å². The second-order valence-corrected chi connectivity index (χ2v) is 6.27. The lowest BCUT2D eigenvalue weighted by molar-refractivity contribution is 0.374. The monoisotopic (exact) mass is 336 g/mol. The molecule has 0 aliphatic carbocycles. The first-order valence-corrected chi connectivity index (χ1v) is 8.00. The Morgan fingerprint density at radius 3 is 2.91 bits per heavy atom. The van der Waals surface area contributed by atoms with Gasteiger partial charge in [-0.05, 0) is 25.1 Å². The Labute approximate surface area is 136 Å². The van der Waals surface area contributed by atoms with Crippen molar-refractivity contribution in [2.24, 2.45) is 0 Å². The zero-order valence-electron chi connectivity index (χ0n) is 12.0. The fourth-order valence-electron chi connectivity index (χ4n) is 1.77. The lowest BCUT2D eigenvalue weighted by Gasteiger charge is -2.00. The van der Waals surface area contributed by atoms with E-state index in [0.717, 1.165) is 12.0 Å². The Morgan fingerprint density at radius 1 is 1.32 bits per heavy atom. The summed E-state index contributed by atoms with van der Waals surface area (Å²) in [6.07, 6.45) is 0.736. The van der Waals surface area contributed by atoms with E-state index in [1.54, 1.807) is 12.1 Å². The first kappa shape index (κ1) is 15.1. The lowest BCUT2D eigenvalue weighted by Crippen LogP contribution is -1.90. The third-order valence-corrected chi connectivity index (χ3v) is 4.06. The predicted molar refractivity (Wildman–Crippen MR) is 82.7 cm³/mol. The van der Waals surface area contributed by atoms with Gasteiger partial charge in [-0.25, -0.2) is 0 Å². The molecule has 0 amide bonds. The Kier molecular flexibility index (Phi) is 4.44. The van der Waals surface area contributed by atoms with E-state index in [2.05, 4.69) is 20.3 Å². The van der Waals surface area contributed by atoms with Gasteiger partial charge in [0.25, 0.3) is 5.22 Å². The number of halogens is 1. The molecule has 3 aromatic rings. The van der Waals surface area contributed by atoms with Crippen molar-refractivity contribution in [3.63, 3.8) is 0 Å². The van der Waals surface area contributed by atoms with Gasteiger partial charge in [-0.2, -0.15) is 4.98 Å². The summed E-state index contributed by atoms with van der Waals surface area (Å²) in [6, 6.07) is 7.27. The molecule has 22 heavy (non-hydrogen) atoms. The van der Waals surface area contributed by atoms with Gasteiger partial charge in [0, 0.05) is 17.0 Å². The molecule has 0 saturated carbocycles. The van der Waals surface area contributed by atoms with Crippen molar-refractivity contribution >= 4 is 23.4 Å². The average Bonchev–Trinajstić information content (AvgIpc) is 3.16. The summed E-state index contributed by atoms with van der Waals surface area (Å²) in [5.74, 6) is 1.66. The first-order valence-electron chi connectivity index (χ1n) is 6.74. The summed E-state index contributed by atoms with van der Waals surface area (Å²) in [5, 5.41) is 12.9. The second-order valence-electron chi connectivity index (χ2n) is 4.55. The first-order chi connectivity index (χ1) is 10.7. The zero-order chi connectivity index (χ0) is 15.5. The van der Waals surface area contributed by atoms with Crippen molar-refractivity contribution in [3.8, 4) is 11.5 Å². The minimum absolute atomic E-state index is 0.0690. The third kappa shape index (κ3) is 3.31. The number of nitrogens with zero attached hydrogens (tertiary/aromatic N) is 4. The summed E-state index contributed by atoms with van der Waals surface area (Å²) < 4.78 is 10.8. The predicted octanol–water partition coefficient (Wildman–Crippen LogP) is 4.19. The summed E-state index contributed by atoms with van der Waals surface area (Å²) >= 11 is 7.33. The summed E-state index contributed by atoms with van der Waals surface area (Å²) in [7, 11) is 0. The zero-order valence-corrected chi connectivity index (χ0v) is 13.6. The molecule has 1 unspecified atom stereocenters. The van der Waals surface area contributed by atoms with Gasteiger partial charge in [0.05, 0.1) is 5.25 Å². The maximum atomic E-state index is 5.96. The number of thioether (sulfide) groups is 1. The van der Waals surface area contributed by atoms with Crippen LogP contribution in [0.3, 0.4) is 0 Å². The molecule has 2 aromatic heterocycles. The van der Waals surface area contributed by atoms with Crippen molar-refractivity contribution in [2.45, 2.75) is 30.7 Å². The third-order valence-electron chi connectivity index (χ3n) is 2.90. The van der Waals surface area contributed by atoms with Gasteiger partial charge in [0.15, 0.2) is 5.82 Å². The molecule has 2 heterocycles. The molecule has 0 saturated heterocycles. The molecule has 3 rings (SSSR count). The van der Waals surface area contributed by atoms with Crippen LogP contribution in [0.4, 0.5) is 0 Å². The smallest absolute Gasteiger partial charge is 0.277 e. The van der Waals surface area contributed by atoms with Crippen LogP contribution in [0, 0.1) is 0 Å². The molecule has 6 nitrogen and oxygen atoms in total. The highest BCUT2D eigenvalue weighted by Gasteiger charge is 2.19. The Hall–Kier alpha value is -1.86. The van der Waals surface area contributed by atoms with Crippen LogP contribution in [0.25, 0.3) is 11.5 Å². The van der Waals surface area contributed by atoms with Crippen LogP contribution >= 0.6 is 23.4 Å². The molecule has 0 spiro atoms. The Bertz CT molecular complexity index is 774. The van der Waals surface area contributed by atoms with E-state index < -0.39 is 0 Å². The maximum absolute atomic E-state index is 5.96. The van der Waals surface area contributed by atoms with Gasteiger partial charge in [-0.1, -0.05) is 41.5 Å². The molecular formula is C14H13ClN4O2S. The quantitative estimate of drug-likeness (QED) is 0.646. The molecular weight excluding hydrogens is 324 g/mol. The van der Waals surface area contributed by atoms with Crippen LogP contribution in [0.1, 0.15) is 30.8 Å². The standard InChI is InChI=1S/C14H13ClN4O2S/c1-3-11-16-12(21-19-11)8(2)22-14-18-17-13(20-14)9-5-4-6-10(15)7-9/h4-8H,3H2,1-2H3. The Balaban J connectivity index is 1.74. The average molecular weight is 337 g/mol. The molecule has 8 heteroatoms. The van der Waals surface area contributed by atoms with E-state index in [1.807, 2.05) is 26.0 Å². The highest BCUT2D eigenvalue weighted by atomic mass is 35.5. The molecule has 1 aromatic carbocycles. The minimum atomic E-state index is -0.0690. The molecule has 0 aliphatic rings. The summed E-state index contributed by atoms with van der Waals surface area (Å²) in [6.45, 7) is 3.92. The van der Waals surface area contributed by atoms with Crippen LogP contribution in [-0.2, 0) is 6.42 Å². The van der Waals surface area contributed by atoms with E-state index in [-0.39, 0.29) is 5.25 Å². The molecule has 114 valence electrons. The summed E-state index contributed by atoms with van der Waals surface area (Å²) in [5.41, 5.74) is 0.783. The van der Waals surface area contributed by atoms with Crippen molar-refractivity contribution in [1.29, 1.82) is 0 Å². The Morgan fingerprint density at radius 2 is 2.18 bits per heavy atom. The molecule has 0 aliphatic heterocycles. The summed E-state index contributed by atoms with van der Waals surface area (Å²) in [4.78, 5) is 4.30. The van der Waals surface area contributed by atoms with Crippen molar-refractivity contribution in [1.82, 2.24) is 20.3 Å². The van der Waals surface area contributed by atoms with Gasteiger partial charge < -0.3 is 8.94 Å². The second kappa shape index (κ2) is 6.50. The normalized spacial score (nSPS) is 12.5. The van der Waals surface area contributed by atoms with E-state index in [4.69, 9.17) is 20.5 Å². The van der Waals surface area contributed by atoms with Crippen molar-refractivity contribution < 1.29 is 8.94 Å². The van der Waals surface area contributed by atoms with Crippen LogP contribution in [0.15, 0.2) is 38.4 Å². The number of hydrogen-bond acceptors (Lipinski definition) is 7. The van der Waals surface area contributed by atoms with Crippen molar-refractivity contribution in [2.75, 3.05) is 0 Å². The minimum Gasteiger partial charge on any atom is -0.411 e. The highest BCUT2D eigenvalue weighted by molar-refractivity contribution is 7.99. The van der Waals surface area contributed by atoms with Crippen LogP contribution in [0.2, 0.25) is 5.02 Å². The van der Waals surface area contributed by atoms with Gasteiger partial charge in [-0.15, -0.1) is 10.2 Å². The van der Waals surface area contributed by atoms with E-state index in [0.29, 0.717) is 27.9 Å². The van der Waals surface area contributed by atoms with Gasteiger partial charge in [0.1, 0.15) is 0 Å². The number of aryl methyl sites for hydroxylation is 1. The highest BCUT2D eigenvalue weighted by Crippen LogP contribution is 2.34. The topological polar surface area (TPSA) is 77.8 Å². The fraction of sp³-hybridized carbons (Fsp3) is 0.286. The van der Waals surface area contributed by atoms with Crippen LogP contribution in [0.5, 0.6) is 0 Å². The molecule has 0 radical (unpaired) electrons. The lowest BCUT2D eigenvalue weighted by atomic mass is 10.2. The number of hydrogen-bond donors (Lipinski definition) is 0. The van der Waals surface area contributed by atoms with Crippen LogP contribution < -0.4 is 0 Å². The molecule has 0 bridgehead atoms. The largest absolute Gasteiger partial charge is 0.411 e. The molecule has 0 fully saturated rings.